The smallest absolute Gasteiger partial charge is 0.213 e. The van der Waals surface area contributed by atoms with Gasteiger partial charge in [-0.25, -0.2) is 0 Å². The van der Waals surface area contributed by atoms with E-state index in [-0.39, 0.29) is 6.61 Å². The molecule has 0 fully saturated rings. The lowest BCUT2D eigenvalue weighted by Gasteiger charge is -2.04. The Kier molecular flexibility index (Phi) is 4.47. The normalized spacial score (nSPS) is 11.1. The number of para-hydroxylation sites is 2. The molecule has 0 saturated heterocycles. The van der Waals surface area contributed by atoms with Crippen molar-refractivity contribution in [3.05, 3.63) is 78.6 Å². The van der Waals surface area contributed by atoms with Crippen LogP contribution in [0.25, 0.3) is 17.0 Å². The molecule has 3 aromatic rings. The first-order valence-electron chi connectivity index (χ1n) is 7.38. The highest BCUT2D eigenvalue weighted by atomic mass is 16.3. The molecule has 0 aliphatic rings. The van der Waals surface area contributed by atoms with Crippen LogP contribution in [0.5, 0.6) is 0 Å². The lowest BCUT2D eigenvalue weighted by atomic mass is 10.1. The molecular formula is C19H19N2O+. The maximum Gasteiger partial charge on any atom is 0.213 e. The van der Waals surface area contributed by atoms with Crippen molar-refractivity contribution in [3.63, 3.8) is 0 Å². The van der Waals surface area contributed by atoms with Crippen molar-refractivity contribution in [2.45, 2.75) is 6.54 Å². The fourth-order valence-corrected chi connectivity index (χ4v) is 2.52. The van der Waals surface area contributed by atoms with Gasteiger partial charge in [0.2, 0.25) is 5.52 Å². The third-order valence-corrected chi connectivity index (χ3v) is 3.59. The largest absolute Gasteiger partial charge is 0.390 e. The Balaban J connectivity index is 1.89. The molecule has 0 amide bonds. The van der Waals surface area contributed by atoms with Crippen molar-refractivity contribution >= 4 is 22.7 Å². The summed E-state index contributed by atoms with van der Waals surface area (Å²) in [5, 5.41) is 13.6. The Morgan fingerprint density at radius 3 is 2.55 bits per heavy atom. The molecule has 1 heterocycles. The summed E-state index contributed by atoms with van der Waals surface area (Å²) < 4.78 is 2.07. The molecule has 2 N–H and O–H groups in total. The second-order valence-corrected chi connectivity index (χ2v) is 5.05. The minimum atomic E-state index is 0.138. The zero-order chi connectivity index (χ0) is 15.2. The quantitative estimate of drug-likeness (QED) is 0.708. The van der Waals surface area contributed by atoms with E-state index in [9.17, 15) is 5.11 Å². The predicted octanol–water partition coefficient (Wildman–Crippen LogP) is 3.20. The topological polar surface area (TPSA) is 36.1 Å². The third kappa shape index (κ3) is 3.15. The summed E-state index contributed by atoms with van der Waals surface area (Å²) in [7, 11) is 0. The minimum absolute atomic E-state index is 0.138. The maximum absolute atomic E-state index is 9.17. The van der Waals surface area contributed by atoms with Crippen LogP contribution in [0.15, 0.2) is 73.1 Å². The molecule has 3 nitrogen and oxygen atoms in total. The molecule has 0 unspecified atom stereocenters. The van der Waals surface area contributed by atoms with Gasteiger partial charge in [0.05, 0.1) is 5.39 Å². The van der Waals surface area contributed by atoms with Crippen LogP contribution in [-0.2, 0) is 6.54 Å². The van der Waals surface area contributed by atoms with Crippen LogP contribution < -0.4 is 9.88 Å². The van der Waals surface area contributed by atoms with Crippen LogP contribution in [0, 0.1) is 0 Å². The first-order chi connectivity index (χ1) is 10.9. The van der Waals surface area contributed by atoms with Crippen molar-refractivity contribution in [2.75, 3.05) is 11.9 Å². The van der Waals surface area contributed by atoms with Crippen molar-refractivity contribution in [3.8, 4) is 0 Å². The zero-order valence-corrected chi connectivity index (χ0v) is 12.3. The Labute approximate surface area is 130 Å². The van der Waals surface area contributed by atoms with E-state index in [1.807, 2.05) is 54.9 Å². The molecule has 0 bridgehead atoms. The second kappa shape index (κ2) is 6.87. The number of benzene rings is 2. The van der Waals surface area contributed by atoms with E-state index in [4.69, 9.17) is 0 Å². The van der Waals surface area contributed by atoms with E-state index < -0.39 is 0 Å². The van der Waals surface area contributed by atoms with E-state index in [1.165, 1.54) is 5.39 Å². The van der Waals surface area contributed by atoms with Crippen LogP contribution in [0.3, 0.4) is 0 Å². The van der Waals surface area contributed by atoms with Crippen LogP contribution in [0.2, 0.25) is 0 Å². The molecule has 0 aliphatic heterocycles. The Morgan fingerprint density at radius 2 is 1.73 bits per heavy atom. The molecule has 1 aromatic heterocycles. The maximum atomic E-state index is 9.17. The Bertz CT molecular complexity index is 782. The van der Waals surface area contributed by atoms with Gasteiger partial charge in [-0.05, 0) is 29.8 Å². The summed E-state index contributed by atoms with van der Waals surface area (Å²) in [5.41, 5.74) is 3.33. The van der Waals surface area contributed by atoms with Gasteiger partial charge in [0.1, 0.15) is 6.61 Å². The molecule has 2 aromatic carbocycles. The van der Waals surface area contributed by atoms with E-state index in [1.54, 1.807) is 0 Å². The molecule has 0 aliphatic carbocycles. The van der Waals surface area contributed by atoms with E-state index >= 15 is 0 Å². The molecular weight excluding hydrogens is 272 g/mol. The van der Waals surface area contributed by atoms with E-state index in [0.717, 1.165) is 16.8 Å². The van der Waals surface area contributed by atoms with Gasteiger partial charge in [0.25, 0.3) is 0 Å². The van der Waals surface area contributed by atoms with Crippen LogP contribution in [0.4, 0.5) is 5.69 Å². The van der Waals surface area contributed by atoms with E-state index in [2.05, 4.69) is 34.2 Å². The first kappa shape index (κ1) is 14.3. The number of aliphatic hydroxyl groups is 1. The lowest BCUT2D eigenvalue weighted by Crippen LogP contribution is -2.36. The summed E-state index contributed by atoms with van der Waals surface area (Å²) in [4.78, 5) is 0. The summed E-state index contributed by atoms with van der Waals surface area (Å²) in [6, 6.07) is 20.4. The van der Waals surface area contributed by atoms with Crippen LogP contribution in [-0.4, -0.2) is 11.7 Å². The lowest BCUT2D eigenvalue weighted by molar-refractivity contribution is -0.672. The molecule has 0 radical (unpaired) electrons. The fraction of sp³-hybridized carbons (Fsp3) is 0.105. The van der Waals surface area contributed by atoms with Gasteiger partial charge >= 0.3 is 0 Å². The molecule has 110 valence electrons. The second-order valence-electron chi connectivity index (χ2n) is 5.05. The predicted molar refractivity (Wildman–Crippen MR) is 90.3 cm³/mol. The van der Waals surface area contributed by atoms with Gasteiger partial charge in [-0.15, -0.1) is 0 Å². The monoisotopic (exact) mass is 291 g/mol. The summed E-state index contributed by atoms with van der Waals surface area (Å²) in [6.07, 6.45) is 6.03. The fourth-order valence-electron chi connectivity index (χ4n) is 2.52. The Morgan fingerprint density at radius 1 is 0.955 bits per heavy atom. The number of hydrogen-bond donors (Lipinski definition) is 2. The van der Waals surface area contributed by atoms with Gasteiger partial charge < -0.3 is 10.4 Å². The molecule has 3 rings (SSSR count). The number of nitrogens with one attached hydrogen (secondary N) is 1. The SMILES string of the molecule is OCC[n+]1ccc(C=CNc2ccccc2)c2ccccc21. The molecule has 0 saturated carbocycles. The van der Waals surface area contributed by atoms with Crippen molar-refractivity contribution in [1.29, 1.82) is 0 Å². The highest BCUT2D eigenvalue weighted by Crippen LogP contribution is 2.17. The first-order valence-corrected chi connectivity index (χ1v) is 7.38. The molecule has 3 heteroatoms. The number of nitrogens with zero attached hydrogens (tertiary/aromatic N) is 1. The van der Waals surface area contributed by atoms with Gasteiger partial charge in [-0.1, -0.05) is 30.3 Å². The summed E-state index contributed by atoms with van der Waals surface area (Å²) >= 11 is 0. The van der Waals surface area contributed by atoms with Gasteiger partial charge in [-0.3, -0.25) is 0 Å². The summed E-state index contributed by atoms with van der Waals surface area (Å²) in [6.45, 7) is 0.742. The van der Waals surface area contributed by atoms with Crippen molar-refractivity contribution < 1.29 is 9.67 Å². The molecule has 0 atom stereocenters. The number of rotatable bonds is 5. The van der Waals surface area contributed by atoms with E-state index in [0.29, 0.717) is 6.54 Å². The Hall–Kier alpha value is -2.65. The average Bonchev–Trinajstić information content (AvgIpc) is 2.58. The highest BCUT2D eigenvalue weighted by Gasteiger charge is 2.09. The van der Waals surface area contributed by atoms with Gasteiger partial charge in [-0.2, -0.15) is 4.57 Å². The average molecular weight is 291 g/mol. The highest BCUT2D eigenvalue weighted by molar-refractivity contribution is 5.85. The minimum Gasteiger partial charge on any atom is -0.390 e. The molecule has 22 heavy (non-hydrogen) atoms. The number of fused-ring (bicyclic) bond motifs is 1. The number of aliphatic hydroxyl groups excluding tert-OH is 1. The van der Waals surface area contributed by atoms with Crippen molar-refractivity contribution in [1.82, 2.24) is 0 Å². The van der Waals surface area contributed by atoms with Crippen LogP contribution in [0.1, 0.15) is 5.56 Å². The van der Waals surface area contributed by atoms with Gasteiger partial charge in [0.15, 0.2) is 12.7 Å². The number of pyridine rings is 1. The summed E-state index contributed by atoms with van der Waals surface area (Å²) in [5.74, 6) is 0. The number of hydrogen-bond acceptors (Lipinski definition) is 2. The number of anilines is 1. The van der Waals surface area contributed by atoms with Crippen LogP contribution >= 0.6 is 0 Å². The molecule has 0 spiro atoms. The standard InChI is InChI=1S/C19H18N2O/c22-15-14-21-13-11-16(18-8-4-5-9-19(18)21)10-12-20-17-6-2-1-3-7-17/h1-13,22H,14-15H2/p+1. The third-order valence-electron chi connectivity index (χ3n) is 3.59. The number of aromatic nitrogens is 1. The zero-order valence-electron chi connectivity index (χ0n) is 12.3. The van der Waals surface area contributed by atoms with Gasteiger partial charge in [0, 0.05) is 24.0 Å². The van der Waals surface area contributed by atoms with Crippen molar-refractivity contribution in [2.24, 2.45) is 0 Å².